The van der Waals surface area contributed by atoms with E-state index in [1.54, 1.807) is 22.7 Å². The SMILES string of the molecule is Cc1cc[n+]2c(NC(=O)c3cccc([N+](=O)[O-])c3)c(-c3ccc(F)cc3)[nH]c2c1. The van der Waals surface area contributed by atoms with Crippen molar-refractivity contribution in [2.24, 2.45) is 0 Å². The van der Waals surface area contributed by atoms with Gasteiger partial charge in [0, 0.05) is 23.8 Å². The van der Waals surface area contributed by atoms with Gasteiger partial charge in [-0.15, -0.1) is 0 Å². The molecule has 0 aliphatic rings. The molecule has 0 aliphatic heterocycles. The molecule has 4 rings (SSSR count). The van der Waals surface area contributed by atoms with Crippen LogP contribution in [0.3, 0.4) is 0 Å². The number of carbonyl (C=O) groups is 1. The lowest BCUT2D eigenvalue weighted by atomic mass is 10.1. The minimum absolute atomic E-state index is 0.159. The quantitative estimate of drug-likeness (QED) is 0.313. The van der Waals surface area contributed by atoms with E-state index in [2.05, 4.69) is 10.3 Å². The Balaban J connectivity index is 1.80. The van der Waals surface area contributed by atoms with Crippen LogP contribution >= 0.6 is 0 Å². The summed E-state index contributed by atoms with van der Waals surface area (Å²) < 4.78 is 15.1. The average molecular weight is 391 g/mol. The monoisotopic (exact) mass is 391 g/mol. The van der Waals surface area contributed by atoms with E-state index in [0.717, 1.165) is 11.2 Å². The Kier molecular flexibility index (Phi) is 4.52. The topological polar surface area (TPSA) is 92.1 Å². The molecule has 0 spiro atoms. The fourth-order valence-corrected chi connectivity index (χ4v) is 3.09. The van der Waals surface area contributed by atoms with Crippen LogP contribution in [0.4, 0.5) is 15.9 Å². The molecule has 0 saturated heterocycles. The van der Waals surface area contributed by atoms with Crippen LogP contribution in [-0.4, -0.2) is 15.8 Å². The van der Waals surface area contributed by atoms with Gasteiger partial charge in [-0.05, 0) is 48.9 Å². The van der Waals surface area contributed by atoms with Crippen molar-refractivity contribution in [2.75, 3.05) is 5.32 Å². The third kappa shape index (κ3) is 3.55. The van der Waals surface area contributed by atoms with E-state index >= 15 is 0 Å². The smallest absolute Gasteiger partial charge is 0.267 e. The third-order valence-corrected chi connectivity index (χ3v) is 4.53. The van der Waals surface area contributed by atoms with E-state index in [0.29, 0.717) is 17.1 Å². The first-order valence-corrected chi connectivity index (χ1v) is 8.78. The molecule has 0 aliphatic carbocycles. The highest BCUT2D eigenvalue weighted by molar-refractivity contribution is 6.05. The summed E-state index contributed by atoms with van der Waals surface area (Å²) in [7, 11) is 0. The highest BCUT2D eigenvalue weighted by Crippen LogP contribution is 2.26. The van der Waals surface area contributed by atoms with Gasteiger partial charge in [0.15, 0.2) is 5.69 Å². The number of non-ortho nitro benzene ring substituents is 1. The Morgan fingerprint density at radius 2 is 1.90 bits per heavy atom. The number of halogens is 1. The number of hydrogen-bond acceptors (Lipinski definition) is 3. The van der Waals surface area contributed by atoms with Crippen molar-refractivity contribution >= 4 is 23.1 Å². The number of aryl methyl sites for hydroxylation is 1. The Labute approximate surface area is 164 Å². The van der Waals surface area contributed by atoms with Gasteiger partial charge in [0.05, 0.1) is 16.7 Å². The second kappa shape index (κ2) is 7.16. The predicted octanol–water partition coefficient (Wildman–Crippen LogP) is 4.03. The maximum absolute atomic E-state index is 13.4. The Hall–Kier alpha value is -4.07. The molecule has 2 N–H and O–H groups in total. The van der Waals surface area contributed by atoms with Crippen molar-refractivity contribution in [3.05, 3.63) is 93.9 Å². The summed E-state index contributed by atoms with van der Waals surface area (Å²) in [4.78, 5) is 26.5. The van der Waals surface area contributed by atoms with Gasteiger partial charge in [0.1, 0.15) is 5.82 Å². The lowest BCUT2D eigenvalue weighted by molar-refractivity contribution is -0.493. The van der Waals surface area contributed by atoms with Crippen LogP contribution in [0.15, 0.2) is 66.9 Å². The molecule has 1 amide bonds. The second-order valence-corrected chi connectivity index (χ2v) is 6.58. The molecule has 7 nitrogen and oxygen atoms in total. The van der Waals surface area contributed by atoms with Crippen molar-refractivity contribution in [2.45, 2.75) is 6.92 Å². The van der Waals surface area contributed by atoms with E-state index in [-0.39, 0.29) is 17.1 Å². The summed E-state index contributed by atoms with van der Waals surface area (Å²) in [5.74, 6) is -0.412. The van der Waals surface area contributed by atoms with Gasteiger partial charge < -0.3 is 0 Å². The molecule has 0 radical (unpaired) electrons. The molecule has 29 heavy (non-hydrogen) atoms. The van der Waals surface area contributed by atoms with Crippen molar-refractivity contribution in [3.8, 4) is 11.3 Å². The fourth-order valence-electron chi connectivity index (χ4n) is 3.09. The summed E-state index contributed by atoms with van der Waals surface area (Å²) in [6.45, 7) is 1.94. The minimum atomic E-state index is -0.552. The number of aromatic nitrogens is 2. The molecule has 144 valence electrons. The van der Waals surface area contributed by atoms with E-state index in [4.69, 9.17) is 0 Å². The number of H-pyrrole nitrogens is 1. The summed E-state index contributed by atoms with van der Waals surface area (Å²) in [5.41, 5.74) is 3.02. The Bertz CT molecular complexity index is 1250. The van der Waals surface area contributed by atoms with Crippen molar-refractivity contribution < 1.29 is 18.5 Å². The number of nitrogens with one attached hydrogen (secondary N) is 2. The first kappa shape index (κ1) is 18.3. The summed E-state index contributed by atoms with van der Waals surface area (Å²) in [6.07, 6.45) is 1.80. The molecule has 0 fully saturated rings. The molecule has 0 bridgehead atoms. The van der Waals surface area contributed by atoms with Gasteiger partial charge in [0.25, 0.3) is 11.5 Å². The Morgan fingerprint density at radius 3 is 2.62 bits per heavy atom. The van der Waals surface area contributed by atoms with E-state index in [1.807, 2.05) is 19.1 Å². The van der Waals surface area contributed by atoms with Gasteiger partial charge >= 0.3 is 5.91 Å². The number of rotatable bonds is 4. The fraction of sp³-hybridized carbons (Fsp3) is 0.0476. The zero-order valence-corrected chi connectivity index (χ0v) is 15.3. The van der Waals surface area contributed by atoms with Crippen LogP contribution in [0, 0.1) is 22.9 Å². The van der Waals surface area contributed by atoms with E-state index < -0.39 is 10.8 Å². The number of benzene rings is 2. The molecule has 8 heteroatoms. The van der Waals surface area contributed by atoms with Gasteiger partial charge in [0.2, 0.25) is 5.65 Å². The van der Waals surface area contributed by atoms with Gasteiger partial charge in [-0.1, -0.05) is 6.07 Å². The summed E-state index contributed by atoms with van der Waals surface area (Å²) in [6, 6.07) is 15.2. The van der Waals surface area contributed by atoms with Gasteiger partial charge in [-0.2, -0.15) is 0 Å². The number of carbonyl (C=O) groups excluding carboxylic acids is 1. The van der Waals surface area contributed by atoms with Crippen LogP contribution in [0.2, 0.25) is 0 Å². The highest BCUT2D eigenvalue weighted by atomic mass is 19.1. The van der Waals surface area contributed by atoms with Crippen molar-refractivity contribution in [1.82, 2.24) is 4.98 Å². The standard InChI is InChI=1S/C21H15FN4O3/c1-13-9-10-25-18(11-13)23-19(14-5-7-16(22)8-6-14)20(25)24-21(27)15-3-2-4-17(12-15)26(28)29/h2-12H,1H3,(H,24,27)/p+1. The van der Waals surface area contributed by atoms with Gasteiger partial charge in [-0.25, -0.2) is 14.1 Å². The number of nitro groups is 1. The molecule has 0 saturated carbocycles. The normalized spacial score (nSPS) is 10.8. The number of nitro benzene ring substituents is 1. The zero-order valence-electron chi connectivity index (χ0n) is 15.3. The van der Waals surface area contributed by atoms with Crippen LogP contribution in [0.1, 0.15) is 15.9 Å². The average Bonchev–Trinajstić information content (AvgIpc) is 3.06. The number of fused-ring (bicyclic) bond motifs is 1. The number of hydrogen-bond donors (Lipinski definition) is 2. The molecule has 0 unspecified atom stereocenters. The summed E-state index contributed by atoms with van der Waals surface area (Å²) in [5, 5.41) is 13.8. The zero-order chi connectivity index (χ0) is 20.5. The van der Waals surface area contributed by atoms with Crippen molar-refractivity contribution in [1.29, 1.82) is 0 Å². The number of imidazole rings is 1. The van der Waals surface area contributed by atoms with Crippen molar-refractivity contribution in [3.63, 3.8) is 0 Å². The first-order valence-electron chi connectivity index (χ1n) is 8.78. The van der Waals surface area contributed by atoms with Crippen LogP contribution in [-0.2, 0) is 0 Å². The van der Waals surface area contributed by atoms with Crippen LogP contribution < -0.4 is 9.72 Å². The third-order valence-electron chi connectivity index (χ3n) is 4.53. The number of amides is 1. The molecular weight excluding hydrogens is 375 g/mol. The van der Waals surface area contributed by atoms with Crippen LogP contribution in [0.5, 0.6) is 0 Å². The number of pyridine rings is 1. The van der Waals surface area contributed by atoms with Gasteiger partial charge in [-0.3, -0.25) is 19.9 Å². The van der Waals surface area contributed by atoms with E-state index in [1.165, 1.54) is 36.4 Å². The molecule has 0 atom stereocenters. The Morgan fingerprint density at radius 1 is 1.14 bits per heavy atom. The first-order chi connectivity index (χ1) is 13.9. The van der Waals surface area contributed by atoms with E-state index in [9.17, 15) is 19.3 Å². The molecule has 2 aromatic carbocycles. The maximum atomic E-state index is 13.4. The lowest BCUT2D eigenvalue weighted by Gasteiger charge is -2.03. The maximum Gasteiger partial charge on any atom is 0.312 e. The lowest BCUT2D eigenvalue weighted by Crippen LogP contribution is -2.27. The summed E-state index contributed by atoms with van der Waals surface area (Å²) >= 11 is 0. The number of nitrogens with zero attached hydrogens (tertiary/aromatic N) is 2. The number of anilines is 1. The molecule has 2 aromatic heterocycles. The predicted molar refractivity (Wildman–Crippen MR) is 105 cm³/mol. The minimum Gasteiger partial charge on any atom is -0.267 e. The molecular formula is C21H16FN4O3+. The molecule has 2 heterocycles. The highest BCUT2D eigenvalue weighted by Gasteiger charge is 2.24. The largest absolute Gasteiger partial charge is 0.312 e. The number of aromatic amines is 1. The molecule has 4 aromatic rings. The van der Waals surface area contributed by atoms with Crippen LogP contribution in [0.25, 0.3) is 16.9 Å². The second-order valence-electron chi connectivity index (χ2n) is 6.58.